The monoisotopic (exact) mass is 462 g/mol. The van der Waals surface area contributed by atoms with E-state index in [0.717, 1.165) is 4.90 Å². The summed E-state index contributed by atoms with van der Waals surface area (Å²) >= 11 is 6.28. The van der Waals surface area contributed by atoms with Gasteiger partial charge in [-0.2, -0.15) is 0 Å². The van der Waals surface area contributed by atoms with Gasteiger partial charge in [-0.15, -0.1) is 6.58 Å². The lowest BCUT2D eigenvalue weighted by Gasteiger charge is -2.33. The molecule has 0 aliphatic heterocycles. The summed E-state index contributed by atoms with van der Waals surface area (Å²) in [6.45, 7) is 15.7. The Morgan fingerprint density at radius 1 is 1.12 bits per heavy atom. The molecule has 8 heteroatoms. The van der Waals surface area contributed by atoms with Crippen molar-refractivity contribution in [3.05, 3.63) is 58.0 Å². The smallest absolute Gasteiger partial charge is 0.420 e. The molecule has 0 fully saturated rings. The van der Waals surface area contributed by atoms with E-state index in [4.69, 9.17) is 21.1 Å². The van der Waals surface area contributed by atoms with Gasteiger partial charge in [-0.25, -0.2) is 14.5 Å². The van der Waals surface area contributed by atoms with Crippen molar-refractivity contribution in [1.29, 1.82) is 0 Å². The van der Waals surface area contributed by atoms with Gasteiger partial charge >= 0.3 is 12.2 Å². The van der Waals surface area contributed by atoms with Crippen LogP contribution in [0.4, 0.5) is 9.59 Å². The fraction of sp³-hybridized carbons (Fsp3) is 0.458. The zero-order valence-corrected chi connectivity index (χ0v) is 20.4. The van der Waals surface area contributed by atoms with Gasteiger partial charge in [-0.1, -0.05) is 29.8 Å². The van der Waals surface area contributed by atoms with E-state index in [1.807, 2.05) is 0 Å². The van der Waals surface area contributed by atoms with Crippen LogP contribution in [0.25, 0.3) is 10.8 Å². The summed E-state index contributed by atoms with van der Waals surface area (Å²) in [5.41, 5.74) is -1.60. The third-order valence-electron chi connectivity index (χ3n) is 4.43. The molecule has 1 heterocycles. The highest BCUT2D eigenvalue weighted by molar-refractivity contribution is 6.35. The van der Waals surface area contributed by atoms with Crippen molar-refractivity contribution < 1.29 is 19.1 Å². The minimum atomic E-state index is -0.879. The predicted octanol–water partition coefficient (Wildman–Crippen LogP) is 6.07. The molecule has 32 heavy (non-hydrogen) atoms. The highest BCUT2D eigenvalue weighted by Gasteiger charge is 2.36. The summed E-state index contributed by atoms with van der Waals surface area (Å²) in [6, 6.07) is 5.98. The fourth-order valence-electron chi connectivity index (χ4n) is 3.18. The van der Waals surface area contributed by atoms with E-state index in [2.05, 4.69) is 6.58 Å². The maximum atomic E-state index is 13.3. The number of carbonyl (C=O) groups excluding carboxylic acids is 2. The lowest BCUT2D eigenvalue weighted by molar-refractivity contribution is -0.00671. The topological polar surface area (TPSA) is 77.8 Å². The molecule has 1 aromatic heterocycles. The molecule has 0 bridgehead atoms. The number of rotatable bonds is 4. The molecule has 0 saturated heterocycles. The minimum Gasteiger partial charge on any atom is -0.443 e. The molecule has 0 spiro atoms. The molecule has 7 nitrogen and oxygen atoms in total. The fourth-order valence-corrected chi connectivity index (χ4v) is 3.45. The number of allylic oxidation sites excluding steroid dienone is 1. The zero-order chi connectivity index (χ0) is 24.4. The summed E-state index contributed by atoms with van der Waals surface area (Å²) in [6.07, 6.45) is -0.183. The normalized spacial score (nSPS) is 12.9. The van der Waals surface area contributed by atoms with Crippen LogP contribution in [0.5, 0.6) is 0 Å². The van der Waals surface area contributed by atoms with Gasteiger partial charge in [0.2, 0.25) is 0 Å². The number of pyridine rings is 1. The minimum absolute atomic E-state index is 0.163. The second-order valence-corrected chi connectivity index (χ2v) is 9.89. The average molecular weight is 463 g/mol. The highest BCUT2D eigenvalue weighted by atomic mass is 35.5. The number of ether oxygens (including phenoxy) is 2. The Labute approximate surface area is 193 Å². The lowest BCUT2D eigenvalue weighted by atomic mass is 10.1. The molecule has 0 aliphatic carbocycles. The molecule has 2 rings (SSSR count). The van der Waals surface area contributed by atoms with Crippen LogP contribution >= 0.6 is 11.6 Å². The van der Waals surface area contributed by atoms with E-state index >= 15 is 0 Å². The summed E-state index contributed by atoms with van der Waals surface area (Å²) < 4.78 is 12.4. The van der Waals surface area contributed by atoms with E-state index in [0.29, 0.717) is 21.5 Å². The van der Waals surface area contributed by atoms with Crippen LogP contribution in [0, 0.1) is 0 Å². The largest absolute Gasteiger partial charge is 0.443 e. The van der Waals surface area contributed by atoms with E-state index in [-0.39, 0.29) is 12.1 Å². The van der Waals surface area contributed by atoms with Crippen LogP contribution < -0.4 is 5.56 Å². The summed E-state index contributed by atoms with van der Waals surface area (Å²) in [5, 5.41) is 1.27. The number of amides is 2. The number of halogens is 1. The third-order valence-corrected chi connectivity index (χ3v) is 4.74. The van der Waals surface area contributed by atoms with E-state index in [1.54, 1.807) is 78.8 Å². The first-order valence-corrected chi connectivity index (χ1v) is 10.7. The Balaban J connectivity index is 2.71. The molecule has 0 radical (unpaired) electrons. The number of nitrogens with zero attached hydrogens (tertiary/aromatic N) is 2. The van der Waals surface area contributed by atoms with Gasteiger partial charge in [0.1, 0.15) is 11.2 Å². The van der Waals surface area contributed by atoms with Crippen LogP contribution in [0.15, 0.2) is 41.7 Å². The molecule has 1 aromatic carbocycles. The van der Waals surface area contributed by atoms with Crippen LogP contribution in [-0.4, -0.2) is 32.9 Å². The predicted molar refractivity (Wildman–Crippen MR) is 126 cm³/mol. The van der Waals surface area contributed by atoms with Gasteiger partial charge in [0.15, 0.2) is 0 Å². The van der Waals surface area contributed by atoms with Gasteiger partial charge < -0.3 is 14.0 Å². The highest BCUT2D eigenvalue weighted by Crippen LogP contribution is 2.28. The van der Waals surface area contributed by atoms with Crippen molar-refractivity contribution in [2.45, 2.75) is 72.3 Å². The van der Waals surface area contributed by atoms with Gasteiger partial charge in [-0.3, -0.25) is 4.79 Å². The molecular weight excluding hydrogens is 432 g/mol. The van der Waals surface area contributed by atoms with Gasteiger partial charge in [0, 0.05) is 12.2 Å². The lowest BCUT2D eigenvalue weighted by Crippen LogP contribution is -2.45. The first-order chi connectivity index (χ1) is 14.7. The molecular formula is C24H31ClN2O5. The Morgan fingerprint density at radius 3 is 2.12 bits per heavy atom. The standard InChI is InChI=1S/C24H31ClN2O5/c1-9-13-26-18(14-16-11-10-12-17(25)19(16)20(26)28)15(2)27(21(29)31-23(3,4)5)22(30)32-24(6,7)8/h9-12,14-15H,1,13H2,2-8H3/t15-/m0/s1. The molecule has 2 amide bonds. The Kier molecular flexibility index (Phi) is 7.45. The summed E-state index contributed by atoms with van der Waals surface area (Å²) in [4.78, 5) is 40.2. The number of benzene rings is 1. The van der Waals surface area contributed by atoms with Crippen LogP contribution in [-0.2, 0) is 16.0 Å². The quantitative estimate of drug-likeness (QED) is 0.515. The molecule has 0 unspecified atom stereocenters. The van der Waals surface area contributed by atoms with Crippen molar-refractivity contribution in [2.75, 3.05) is 0 Å². The number of imide groups is 1. The molecule has 0 saturated carbocycles. The molecule has 1 atom stereocenters. The van der Waals surface area contributed by atoms with Crippen LogP contribution in [0.2, 0.25) is 5.02 Å². The summed E-state index contributed by atoms with van der Waals surface area (Å²) in [7, 11) is 0. The number of hydrogen-bond acceptors (Lipinski definition) is 5. The second-order valence-electron chi connectivity index (χ2n) is 9.48. The van der Waals surface area contributed by atoms with Gasteiger partial charge in [0.25, 0.3) is 5.56 Å². The van der Waals surface area contributed by atoms with Gasteiger partial charge in [-0.05, 0) is 66.0 Å². The van der Waals surface area contributed by atoms with Crippen molar-refractivity contribution in [1.82, 2.24) is 9.47 Å². The molecule has 174 valence electrons. The number of hydrogen-bond donors (Lipinski definition) is 0. The summed E-state index contributed by atoms with van der Waals surface area (Å²) in [5.74, 6) is 0. The van der Waals surface area contributed by atoms with Crippen LogP contribution in [0.1, 0.15) is 60.2 Å². The Bertz CT molecular complexity index is 1060. The van der Waals surface area contributed by atoms with Crippen molar-refractivity contribution in [3.8, 4) is 0 Å². The third kappa shape index (κ3) is 5.91. The van der Waals surface area contributed by atoms with E-state index in [1.165, 1.54) is 4.57 Å². The maximum absolute atomic E-state index is 13.3. The van der Waals surface area contributed by atoms with E-state index < -0.39 is 29.4 Å². The number of carbonyl (C=O) groups is 2. The Morgan fingerprint density at radius 2 is 1.66 bits per heavy atom. The number of aromatic nitrogens is 1. The zero-order valence-electron chi connectivity index (χ0n) is 19.7. The first kappa shape index (κ1) is 25.5. The average Bonchev–Trinajstić information content (AvgIpc) is 2.60. The van der Waals surface area contributed by atoms with Gasteiger partial charge in [0.05, 0.1) is 16.5 Å². The second kappa shape index (κ2) is 9.36. The van der Waals surface area contributed by atoms with E-state index in [9.17, 15) is 14.4 Å². The molecule has 2 aromatic rings. The molecule has 0 N–H and O–H groups in total. The van der Waals surface area contributed by atoms with Crippen molar-refractivity contribution in [2.24, 2.45) is 0 Å². The molecule has 0 aliphatic rings. The van der Waals surface area contributed by atoms with Crippen molar-refractivity contribution in [3.63, 3.8) is 0 Å². The Hall–Kier alpha value is -2.80. The first-order valence-electron chi connectivity index (χ1n) is 10.3. The SMILES string of the molecule is C=CCn1c([C@H](C)N(C(=O)OC(C)(C)C)C(=O)OC(C)(C)C)cc2cccc(Cl)c2c1=O. The van der Waals surface area contributed by atoms with Crippen molar-refractivity contribution >= 4 is 34.6 Å². The number of fused-ring (bicyclic) bond motifs is 1. The van der Waals surface area contributed by atoms with Crippen LogP contribution in [0.3, 0.4) is 0 Å². The maximum Gasteiger partial charge on any atom is 0.420 e.